The lowest BCUT2D eigenvalue weighted by molar-refractivity contribution is 0.150. The number of benzene rings is 1. The van der Waals surface area contributed by atoms with Gasteiger partial charge in [0.05, 0.1) is 21.7 Å². The zero-order valence-corrected chi connectivity index (χ0v) is 13.3. The highest BCUT2D eigenvalue weighted by atomic mass is 79.9. The van der Waals surface area contributed by atoms with Gasteiger partial charge in [0.25, 0.3) is 0 Å². The molecule has 0 amide bonds. The number of nitrogens with zero attached hydrogens (tertiary/aromatic N) is 1. The third kappa shape index (κ3) is 3.05. The van der Waals surface area contributed by atoms with Gasteiger partial charge in [-0.25, -0.2) is 4.98 Å². The van der Waals surface area contributed by atoms with Crippen LogP contribution in [-0.4, -0.2) is 16.6 Å². The van der Waals surface area contributed by atoms with Gasteiger partial charge in [0.1, 0.15) is 0 Å². The van der Waals surface area contributed by atoms with Crippen LogP contribution < -0.4 is 5.73 Å². The molecule has 0 saturated heterocycles. The van der Waals surface area contributed by atoms with Crippen molar-refractivity contribution in [1.82, 2.24) is 4.98 Å². The summed E-state index contributed by atoms with van der Waals surface area (Å²) in [6, 6.07) is 7.87. The minimum Gasteiger partial charge on any atom is -0.387 e. The van der Waals surface area contributed by atoms with E-state index in [1.54, 1.807) is 0 Å². The van der Waals surface area contributed by atoms with Crippen molar-refractivity contribution in [3.8, 4) is 0 Å². The van der Waals surface area contributed by atoms with Gasteiger partial charge in [-0.05, 0) is 25.5 Å². The number of rotatable bonds is 4. The highest BCUT2D eigenvalue weighted by molar-refractivity contribution is 9.10. The molecule has 3 N–H and O–H groups in total. The van der Waals surface area contributed by atoms with E-state index in [0.29, 0.717) is 6.54 Å². The molecule has 2 unspecified atom stereocenters. The van der Waals surface area contributed by atoms with Gasteiger partial charge in [0.15, 0.2) is 0 Å². The summed E-state index contributed by atoms with van der Waals surface area (Å²) in [7, 11) is 0. The lowest BCUT2D eigenvalue weighted by Crippen LogP contribution is -2.20. The van der Waals surface area contributed by atoms with Gasteiger partial charge in [0, 0.05) is 16.9 Å². The molecule has 1 aromatic heterocycles. The summed E-state index contributed by atoms with van der Waals surface area (Å²) in [5.74, 6) is -0.130. The van der Waals surface area contributed by atoms with Crippen LogP contribution in [0.5, 0.6) is 0 Å². The fraction of sp³-hybridized carbons (Fsp3) is 0.357. The van der Waals surface area contributed by atoms with Gasteiger partial charge in [-0.3, -0.25) is 0 Å². The molecule has 1 aromatic carbocycles. The van der Waals surface area contributed by atoms with E-state index >= 15 is 0 Å². The van der Waals surface area contributed by atoms with Gasteiger partial charge >= 0.3 is 0 Å². The minimum absolute atomic E-state index is 0.130. The highest BCUT2D eigenvalue weighted by Gasteiger charge is 2.26. The summed E-state index contributed by atoms with van der Waals surface area (Å²) in [5.41, 5.74) is 7.79. The van der Waals surface area contributed by atoms with Crippen molar-refractivity contribution in [2.24, 2.45) is 5.73 Å². The first-order chi connectivity index (χ1) is 9.04. The quantitative estimate of drug-likeness (QED) is 0.897. The van der Waals surface area contributed by atoms with Gasteiger partial charge in [0.2, 0.25) is 0 Å². The number of aliphatic hydroxyl groups excluding tert-OH is 1. The van der Waals surface area contributed by atoms with Gasteiger partial charge in [-0.15, -0.1) is 11.3 Å². The standard InChI is InChI=1S/C14H17BrN2OS/c1-8-14(19-9(2)17-8)13(18)11(7-16)10-5-3-4-6-12(10)15/h3-6,11,13,18H,7,16H2,1-2H3. The number of aryl methyl sites for hydroxylation is 2. The topological polar surface area (TPSA) is 59.1 Å². The summed E-state index contributed by atoms with van der Waals surface area (Å²) in [6.45, 7) is 4.26. The van der Waals surface area contributed by atoms with Crippen LogP contribution in [0.1, 0.15) is 33.2 Å². The Morgan fingerprint density at radius 3 is 2.58 bits per heavy atom. The Morgan fingerprint density at radius 2 is 2.05 bits per heavy atom. The molecule has 19 heavy (non-hydrogen) atoms. The largest absolute Gasteiger partial charge is 0.387 e. The predicted octanol–water partition coefficient (Wildman–Crippen LogP) is 3.30. The molecule has 5 heteroatoms. The number of nitrogens with two attached hydrogens (primary N) is 1. The fourth-order valence-electron chi connectivity index (χ4n) is 2.21. The molecule has 0 bridgehead atoms. The molecule has 0 saturated carbocycles. The van der Waals surface area contributed by atoms with Crippen molar-refractivity contribution in [2.45, 2.75) is 25.9 Å². The summed E-state index contributed by atoms with van der Waals surface area (Å²) >= 11 is 5.06. The Balaban J connectivity index is 2.37. The van der Waals surface area contributed by atoms with Crippen LogP contribution in [-0.2, 0) is 0 Å². The van der Waals surface area contributed by atoms with Gasteiger partial charge in [-0.2, -0.15) is 0 Å². The first kappa shape index (κ1) is 14.7. The van der Waals surface area contributed by atoms with Crippen LogP contribution >= 0.6 is 27.3 Å². The third-order valence-corrected chi connectivity index (χ3v) is 5.01. The third-order valence-electron chi connectivity index (χ3n) is 3.15. The molecule has 3 nitrogen and oxygen atoms in total. The van der Waals surface area contributed by atoms with Crippen LogP contribution in [0.4, 0.5) is 0 Å². The van der Waals surface area contributed by atoms with Crippen LogP contribution in [0, 0.1) is 13.8 Å². The van der Waals surface area contributed by atoms with Gasteiger partial charge in [-0.1, -0.05) is 34.1 Å². The minimum atomic E-state index is -0.616. The van der Waals surface area contributed by atoms with Crippen molar-refractivity contribution < 1.29 is 5.11 Å². The van der Waals surface area contributed by atoms with Crippen molar-refractivity contribution in [1.29, 1.82) is 0 Å². The number of hydrogen-bond donors (Lipinski definition) is 2. The zero-order valence-electron chi connectivity index (χ0n) is 10.9. The SMILES string of the molecule is Cc1nc(C)c(C(O)C(CN)c2ccccc2Br)s1. The van der Waals surface area contributed by atoms with E-state index in [1.165, 1.54) is 11.3 Å². The number of hydrogen-bond acceptors (Lipinski definition) is 4. The van der Waals surface area contributed by atoms with E-state index in [1.807, 2.05) is 38.1 Å². The number of thiazole rings is 1. The number of aromatic nitrogens is 1. The number of aliphatic hydroxyl groups is 1. The van der Waals surface area contributed by atoms with E-state index in [4.69, 9.17) is 5.73 Å². The predicted molar refractivity (Wildman–Crippen MR) is 82.5 cm³/mol. The first-order valence-corrected chi connectivity index (χ1v) is 7.72. The molecular weight excluding hydrogens is 324 g/mol. The molecule has 2 rings (SSSR count). The zero-order chi connectivity index (χ0) is 14.0. The van der Waals surface area contributed by atoms with Crippen molar-refractivity contribution in [2.75, 3.05) is 6.54 Å². The Labute approximate surface area is 125 Å². The Bertz CT molecular complexity index is 570. The van der Waals surface area contributed by atoms with E-state index in [9.17, 15) is 5.11 Å². The molecule has 0 aliphatic heterocycles. The molecule has 0 aliphatic rings. The van der Waals surface area contributed by atoms with Crippen LogP contribution in [0.15, 0.2) is 28.7 Å². The molecule has 0 radical (unpaired) electrons. The van der Waals surface area contributed by atoms with Crippen LogP contribution in [0.25, 0.3) is 0 Å². The fourth-order valence-corrected chi connectivity index (χ4v) is 3.76. The molecule has 102 valence electrons. The summed E-state index contributed by atoms with van der Waals surface area (Å²) in [6.07, 6.45) is -0.616. The van der Waals surface area contributed by atoms with Gasteiger partial charge < -0.3 is 10.8 Å². The second kappa shape index (κ2) is 6.13. The maximum atomic E-state index is 10.6. The normalized spacial score (nSPS) is 14.4. The smallest absolute Gasteiger partial charge is 0.0981 e. The Hall–Kier alpha value is -0.750. The van der Waals surface area contributed by atoms with E-state index in [-0.39, 0.29) is 5.92 Å². The lowest BCUT2D eigenvalue weighted by Gasteiger charge is -2.22. The summed E-state index contributed by atoms with van der Waals surface area (Å²) in [5, 5.41) is 11.6. The highest BCUT2D eigenvalue weighted by Crippen LogP contribution is 2.37. The molecule has 2 atom stereocenters. The summed E-state index contributed by atoms with van der Waals surface area (Å²) in [4.78, 5) is 5.28. The Morgan fingerprint density at radius 1 is 1.37 bits per heavy atom. The van der Waals surface area contributed by atoms with E-state index < -0.39 is 6.10 Å². The van der Waals surface area contributed by atoms with Crippen molar-refractivity contribution >= 4 is 27.3 Å². The molecule has 0 fully saturated rings. The molecule has 0 aliphatic carbocycles. The van der Waals surface area contributed by atoms with E-state index in [0.717, 1.165) is 25.6 Å². The second-order valence-corrected chi connectivity index (χ2v) is 6.58. The Kier molecular flexibility index (Phi) is 4.73. The summed E-state index contributed by atoms with van der Waals surface area (Å²) < 4.78 is 0.975. The molecule has 0 spiro atoms. The molecule has 2 aromatic rings. The molecular formula is C14H17BrN2OS. The second-order valence-electron chi connectivity index (χ2n) is 4.49. The lowest BCUT2D eigenvalue weighted by atomic mass is 9.92. The van der Waals surface area contributed by atoms with Crippen molar-refractivity contribution in [3.63, 3.8) is 0 Å². The first-order valence-electron chi connectivity index (χ1n) is 6.11. The van der Waals surface area contributed by atoms with Crippen molar-refractivity contribution in [3.05, 3.63) is 49.9 Å². The number of halogens is 1. The molecule has 1 heterocycles. The monoisotopic (exact) mass is 340 g/mol. The average molecular weight is 341 g/mol. The van der Waals surface area contributed by atoms with E-state index in [2.05, 4.69) is 20.9 Å². The maximum absolute atomic E-state index is 10.6. The van der Waals surface area contributed by atoms with Crippen LogP contribution in [0.3, 0.4) is 0 Å². The average Bonchev–Trinajstić information content (AvgIpc) is 2.71. The maximum Gasteiger partial charge on any atom is 0.0981 e. The van der Waals surface area contributed by atoms with Crippen LogP contribution in [0.2, 0.25) is 0 Å².